The molecule has 0 radical (unpaired) electrons. The quantitative estimate of drug-likeness (QED) is 0.340. The topological polar surface area (TPSA) is 65.2 Å². The number of rotatable bonds is 6. The summed E-state index contributed by atoms with van der Waals surface area (Å²) < 4.78 is 10.9. The summed E-state index contributed by atoms with van der Waals surface area (Å²) in [6.07, 6.45) is 0. The van der Waals surface area contributed by atoms with Gasteiger partial charge in [0.05, 0.1) is 5.56 Å². The van der Waals surface area contributed by atoms with Crippen molar-refractivity contribution < 1.29 is 13.9 Å². The van der Waals surface area contributed by atoms with Crippen molar-refractivity contribution in [3.63, 3.8) is 0 Å². The van der Waals surface area contributed by atoms with Gasteiger partial charge in [0.1, 0.15) is 6.61 Å². The number of benzene rings is 2. The van der Waals surface area contributed by atoms with Crippen LogP contribution in [-0.4, -0.2) is 28.5 Å². The lowest BCUT2D eigenvalue weighted by Gasteiger charge is -2.18. The van der Waals surface area contributed by atoms with Crippen LogP contribution in [0.1, 0.15) is 36.7 Å². The lowest BCUT2D eigenvalue weighted by atomic mass is 9.87. The third-order valence-corrected chi connectivity index (χ3v) is 4.74. The van der Waals surface area contributed by atoms with E-state index in [1.165, 1.54) is 17.3 Å². The summed E-state index contributed by atoms with van der Waals surface area (Å²) in [6.45, 7) is 6.80. The van der Waals surface area contributed by atoms with Gasteiger partial charge in [-0.1, -0.05) is 62.9 Å². The van der Waals surface area contributed by atoms with Crippen LogP contribution >= 0.6 is 11.8 Å². The van der Waals surface area contributed by atoms with Crippen LogP contribution in [0.4, 0.5) is 0 Å². The van der Waals surface area contributed by atoms with Crippen LogP contribution < -0.4 is 0 Å². The largest absolute Gasteiger partial charge is 0.461 e. The Labute approximate surface area is 163 Å². The zero-order valence-corrected chi connectivity index (χ0v) is 16.5. The molecule has 1 heterocycles. The SMILES string of the molecule is CC(C)(C)c1ccc(-c2nnc(SCCOC(=O)c3ccccc3)o2)cc1. The molecule has 0 bridgehead atoms. The van der Waals surface area contributed by atoms with E-state index in [0.717, 1.165) is 5.56 Å². The summed E-state index contributed by atoms with van der Waals surface area (Å²) in [5, 5.41) is 8.60. The molecule has 0 saturated carbocycles. The van der Waals surface area contributed by atoms with Crippen molar-refractivity contribution in [2.75, 3.05) is 12.4 Å². The summed E-state index contributed by atoms with van der Waals surface area (Å²) in [7, 11) is 0. The Morgan fingerprint density at radius 2 is 1.74 bits per heavy atom. The number of hydrogen-bond donors (Lipinski definition) is 0. The molecule has 0 amide bonds. The normalized spacial score (nSPS) is 11.4. The number of carbonyl (C=O) groups is 1. The van der Waals surface area contributed by atoms with Gasteiger partial charge in [0.25, 0.3) is 5.22 Å². The predicted octanol–water partition coefficient (Wildman–Crippen LogP) is 4.98. The molecule has 3 aromatic rings. The number of nitrogens with zero attached hydrogens (tertiary/aromatic N) is 2. The standard InChI is InChI=1S/C21H22N2O3S/c1-21(2,3)17-11-9-15(10-12-17)18-22-23-20(26-18)27-14-13-25-19(24)16-7-5-4-6-8-16/h4-12H,13-14H2,1-3H3. The number of ether oxygens (including phenoxy) is 1. The van der Waals surface area contributed by atoms with Gasteiger partial charge in [-0.3, -0.25) is 0 Å². The molecule has 0 N–H and O–H groups in total. The molecule has 0 fully saturated rings. The van der Waals surface area contributed by atoms with Gasteiger partial charge in [0.2, 0.25) is 5.89 Å². The molecule has 1 aromatic heterocycles. The monoisotopic (exact) mass is 382 g/mol. The van der Waals surface area contributed by atoms with E-state index < -0.39 is 0 Å². The van der Waals surface area contributed by atoms with Gasteiger partial charge < -0.3 is 9.15 Å². The second-order valence-electron chi connectivity index (χ2n) is 7.05. The van der Waals surface area contributed by atoms with E-state index in [4.69, 9.17) is 9.15 Å². The number of aromatic nitrogens is 2. The lowest BCUT2D eigenvalue weighted by Crippen LogP contribution is -2.10. The first kappa shape index (κ1) is 19.2. The molecular formula is C21H22N2O3S. The molecule has 140 valence electrons. The minimum atomic E-state index is -0.332. The Balaban J connectivity index is 1.50. The highest BCUT2D eigenvalue weighted by Crippen LogP contribution is 2.27. The highest BCUT2D eigenvalue weighted by Gasteiger charge is 2.15. The average Bonchev–Trinajstić information content (AvgIpc) is 3.14. The molecule has 0 atom stereocenters. The molecule has 0 unspecified atom stereocenters. The van der Waals surface area contributed by atoms with Gasteiger partial charge in [-0.25, -0.2) is 4.79 Å². The predicted molar refractivity (Wildman–Crippen MR) is 106 cm³/mol. The Morgan fingerprint density at radius 3 is 2.41 bits per heavy atom. The van der Waals surface area contributed by atoms with E-state index >= 15 is 0 Å². The van der Waals surface area contributed by atoms with Crippen molar-refractivity contribution in [2.45, 2.75) is 31.4 Å². The van der Waals surface area contributed by atoms with Crippen molar-refractivity contribution in [3.05, 3.63) is 65.7 Å². The van der Waals surface area contributed by atoms with E-state index in [0.29, 0.717) is 22.4 Å². The zero-order chi connectivity index (χ0) is 19.3. The Hall–Kier alpha value is -2.60. The maximum absolute atomic E-state index is 11.9. The lowest BCUT2D eigenvalue weighted by molar-refractivity contribution is 0.0530. The molecule has 5 nitrogen and oxygen atoms in total. The number of esters is 1. The fraction of sp³-hybridized carbons (Fsp3) is 0.286. The smallest absolute Gasteiger partial charge is 0.338 e. The van der Waals surface area contributed by atoms with Crippen molar-refractivity contribution in [3.8, 4) is 11.5 Å². The van der Waals surface area contributed by atoms with Crippen LogP contribution in [-0.2, 0) is 10.2 Å². The number of carbonyl (C=O) groups excluding carboxylic acids is 1. The molecule has 0 aliphatic carbocycles. The van der Waals surface area contributed by atoms with Gasteiger partial charge in [-0.15, -0.1) is 10.2 Å². The minimum Gasteiger partial charge on any atom is -0.461 e. The van der Waals surface area contributed by atoms with Gasteiger partial charge in [-0.2, -0.15) is 0 Å². The van der Waals surface area contributed by atoms with Crippen molar-refractivity contribution in [1.29, 1.82) is 0 Å². The molecule has 27 heavy (non-hydrogen) atoms. The van der Waals surface area contributed by atoms with Crippen molar-refractivity contribution in [1.82, 2.24) is 10.2 Å². The van der Waals surface area contributed by atoms with Gasteiger partial charge in [0, 0.05) is 11.3 Å². The molecule has 2 aromatic carbocycles. The third kappa shape index (κ3) is 5.20. The zero-order valence-electron chi connectivity index (χ0n) is 15.6. The van der Waals surface area contributed by atoms with E-state index in [1.807, 2.05) is 18.2 Å². The van der Waals surface area contributed by atoms with Crippen LogP contribution in [0.2, 0.25) is 0 Å². The molecule has 6 heteroatoms. The number of hydrogen-bond acceptors (Lipinski definition) is 6. The fourth-order valence-electron chi connectivity index (χ4n) is 2.42. The number of thioether (sulfide) groups is 1. The van der Waals surface area contributed by atoms with Gasteiger partial charge in [0.15, 0.2) is 0 Å². The third-order valence-electron chi connectivity index (χ3n) is 3.96. The highest BCUT2D eigenvalue weighted by atomic mass is 32.2. The summed E-state index contributed by atoms with van der Waals surface area (Å²) in [6, 6.07) is 17.1. The fourth-order valence-corrected chi connectivity index (χ4v) is 3.00. The van der Waals surface area contributed by atoms with E-state index in [1.54, 1.807) is 24.3 Å². The van der Waals surface area contributed by atoms with Crippen molar-refractivity contribution in [2.24, 2.45) is 0 Å². The van der Waals surface area contributed by atoms with E-state index in [-0.39, 0.29) is 18.0 Å². The van der Waals surface area contributed by atoms with Crippen LogP contribution in [0.15, 0.2) is 64.2 Å². The van der Waals surface area contributed by atoms with Gasteiger partial charge in [-0.05, 0) is 35.2 Å². The second-order valence-corrected chi connectivity index (χ2v) is 8.10. The Morgan fingerprint density at radius 1 is 1.04 bits per heavy atom. The van der Waals surface area contributed by atoms with E-state index in [2.05, 4.69) is 43.1 Å². The second kappa shape index (κ2) is 8.39. The summed E-state index contributed by atoms with van der Waals surface area (Å²) in [5.41, 5.74) is 2.78. The minimum absolute atomic E-state index is 0.103. The average molecular weight is 382 g/mol. The maximum Gasteiger partial charge on any atom is 0.338 e. The summed E-state index contributed by atoms with van der Waals surface area (Å²) >= 11 is 1.36. The van der Waals surface area contributed by atoms with Gasteiger partial charge >= 0.3 is 5.97 Å². The first-order valence-electron chi connectivity index (χ1n) is 8.73. The van der Waals surface area contributed by atoms with Crippen LogP contribution in [0, 0.1) is 0 Å². The molecule has 3 rings (SSSR count). The van der Waals surface area contributed by atoms with Crippen molar-refractivity contribution >= 4 is 17.7 Å². The first-order chi connectivity index (χ1) is 12.9. The Kier molecular flexibility index (Phi) is 5.96. The molecular weight excluding hydrogens is 360 g/mol. The highest BCUT2D eigenvalue weighted by molar-refractivity contribution is 7.99. The van der Waals surface area contributed by atoms with Crippen LogP contribution in [0.3, 0.4) is 0 Å². The van der Waals surface area contributed by atoms with Crippen LogP contribution in [0.25, 0.3) is 11.5 Å². The molecule has 0 aliphatic heterocycles. The summed E-state index contributed by atoms with van der Waals surface area (Å²) in [5.74, 6) is 0.698. The summed E-state index contributed by atoms with van der Waals surface area (Å²) in [4.78, 5) is 11.9. The molecule has 0 spiro atoms. The molecule has 0 saturated heterocycles. The maximum atomic E-state index is 11.9. The Bertz CT molecular complexity index is 884. The van der Waals surface area contributed by atoms with Crippen LogP contribution in [0.5, 0.6) is 0 Å². The van der Waals surface area contributed by atoms with E-state index in [9.17, 15) is 4.79 Å². The molecule has 0 aliphatic rings. The first-order valence-corrected chi connectivity index (χ1v) is 9.71.